The molecule has 2 aliphatic rings. The molecule has 0 bridgehead atoms. The number of hydrogen-bond donors (Lipinski definition) is 0. The molecule has 2 fully saturated rings. The van der Waals surface area contributed by atoms with Crippen molar-refractivity contribution in [3.05, 3.63) is 48.9 Å². The molecule has 4 heteroatoms. The first-order valence-corrected chi connectivity index (χ1v) is 9.28. The predicted molar refractivity (Wildman–Crippen MR) is 103 cm³/mol. The van der Waals surface area contributed by atoms with Gasteiger partial charge in [-0.2, -0.15) is 0 Å². The Morgan fingerprint density at radius 3 is 2.84 bits per heavy atom. The minimum Gasteiger partial charge on any atom is -0.498 e. The number of fused-ring (bicyclic) bond motifs is 1. The molecule has 2 rings (SSSR count). The van der Waals surface area contributed by atoms with Gasteiger partial charge in [-0.3, -0.25) is 4.90 Å². The van der Waals surface area contributed by atoms with Crippen LogP contribution in [0.25, 0.3) is 0 Å². The first-order chi connectivity index (χ1) is 12.0. The third-order valence-corrected chi connectivity index (χ3v) is 4.97. The molecule has 25 heavy (non-hydrogen) atoms. The second-order valence-corrected chi connectivity index (χ2v) is 6.96. The van der Waals surface area contributed by atoms with Gasteiger partial charge in [0, 0.05) is 31.2 Å². The van der Waals surface area contributed by atoms with Crippen molar-refractivity contribution in [2.45, 2.75) is 45.6 Å². The lowest BCUT2D eigenvalue weighted by Gasteiger charge is -2.34. The lowest BCUT2D eigenvalue weighted by Crippen LogP contribution is -2.47. The second-order valence-electron chi connectivity index (χ2n) is 6.96. The van der Waals surface area contributed by atoms with Crippen molar-refractivity contribution in [2.24, 2.45) is 11.8 Å². The van der Waals surface area contributed by atoms with Crippen molar-refractivity contribution in [2.75, 3.05) is 20.2 Å². The molecule has 0 aromatic carbocycles. The maximum Gasteiger partial charge on any atom is 0.324 e. The van der Waals surface area contributed by atoms with Gasteiger partial charge in [0.25, 0.3) is 0 Å². The summed E-state index contributed by atoms with van der Waals surface area (Å²) in [7, 11) is 1.87. The zero-order valence-electron chi connectivity index (χ0n) is 15.9. The number of rotatable bonds is 10. The van der Waals surface area contributed by atoms with Crippen molar-refractivity contribution in [1.29, 1.82) is 0 Å². The molecule has 1 saturated heterocycles. The summed E-state index contributed by atoms with van der Waals surface area (Å²) in [6.45, 7) is 13.5. The standard InChI is InChI=1S/C21H32N2O2/c1-6-10-17(11-7-2)20(8-3)25-13-9-12-16(4)23-19-14-18(19)15-22(5)21(23)24/h6-8,11,17-19H,1,4,9-10,12-15H2,2-3,5H3. The van der Waals surface area contributed by atoms with Crippen LogP contribution >= 0.6 is 0 Å². The molecule has 0 aromatic rings. The Bertz CT molecular complexity index is 564. The molecule has 3 unspecified atom stereocenters. The molecule has 138 valence electrons. The molecule has 2 amide bonds. The van der Waals surface area contributed by atoms with E-state index in [2.05, 4.69) is 19.2 Å². The quantitative estimate of drug-likeness (QED) is 0.326. The van der Waals surface area contributed by atoms with Gasteiger partial charge in [0.05, 0.1) is 12.4 Å². The number of hydrogen-bond acceptors (Lipinski definition) is 2. The van der Waals surface area contributed by atoms with Gasteiger partial charge in [-0.05, 0) is 51.5 Å². The molecule has 4 nitrogen and oxygen atoms in total. The number of nitrogens with zero attached hydrogens (tertiary/aromatic N) is 2. The normalized spacial score (nSPS) is 24.3. The lowest BCUT2D eigenvalue weighted by molar-refractivity contribution is 0.148. The molecule has 0 N–H and O–H groups in total. The minimum atomic E-state index is 0.0953. The number of carbonyl (C=O) groups excluding carboxylic acids is 1. The predicted octanol–water partition coefficient (Wildman–Crippen LogP) is 4.73. The molecular formula is C21H32N2O2. The summed E-state index contributed by atoms with van der Waals surface area (Å²) in [6, 6.07) is 0.479. The maximum absolute atomic E-state index is 12.4. The third kappa shape index (κ3) is 4.77. The number of amides is 2. The zero-order valence-corrected chi connectivity index (χ0v) is 15.9. The Kier molecular flexibility index (Phi) is 6.91. The van der Waals surface area contributed by atoms with E-state index in [1.165, 1.54) is 0 Å². The number of ether oxygens (including phenoxy) is 1. The molecule has 1 aliphatic heterocycles. The molecule has 1 aliphatic carbocycles. The largest absolute Gasteiger partial charge is 0.498 e. The molecule has 0 aromatic heterocycles. The maximum atomic E-state index is 12.4. The Hall–Kier alpha value is -1.97. The Labute approximate surface area is 152 Å². The molecule has 1 saturated carbocycles. The first-order valence-electron chi connectivity index (χ1n) is 9.28. The van der Waals surface area contributed by atoms with E-state index in [1.54, 1.807) is 0 Å². The summed E-state index contributed by atoms with van der Waals surface area (Å²) in [5.41, 5.74) is 0.922. The number of urea groups is 1. The van der Waals surface area contributed by atoms with Gasteiger partial charge >= 0.3 is 6.03 Å². The number of carbonyl (C=O) groups is 1. The van der Waals surface area contributed by atoms with Crippen LogP contribution in [0.4, 0.5) is 4.79 Å². The third-order valence-electron chi connectivity index (χ3n) is 4.97. The highest BCUT2D eigenvalue weighted by atomic mass is 16.5. The van der Waals surface area contributed by atoms with Crippen LogP contribution in [0.3, 0.4) is 0 Å². The van der Waals surface area contributed by atoms with Gasteiger partial charge in [0.1, 0.15) is 0 Å². The summed E-state index contributed by atoms with van der Waals surface area (Å²) >= 11 is 0. The van der Waals surface area contributed by atoms with Crippen LogP contribution in [0.5, 0.6) is 0 Å². The number of allylic oxidation sites excluding steroid dienone is 5. The van der Waals surface area contributed by atoms with Crippen LogP contribution in [0.2, 0.25) is 0 Å². The SMILES string of the molecule is C=CCC(C=CC)C(=CC)OCCCC(=C)N1C(=O)N(C)CC2CC21. The molecular weight excluding hydrogens is 312 g/mol. The van der Waals surface area contributed by atoms with Crippen LogP contribution in [-0.2, 0) is 4.74 Å². The average Bonchev–Trinajstić information content (AvgIpc) is 3.34. The van der Waals surface area contributed by atoms with Crippen molar-refractivity contribution in [3.63, 3.8) is 0 Å². The fourth-order valence-electron chi connectivity index (χ4n) is 3.56. The Balaban J connectivity index is 1.79. The topological polar surface area (TPSA) is 32.8 Å². The van der Waals surface area contributed by atoms with Crippen LogP contribution in [0, 0.1) is 11.8 Å². The second kappa shape index (κ2) is 8.93. The van der Waals surface area contributed by atoms with Crippen LogP contribution < -0.4 is 0 Å². The van der Waals surface area contributed by atoms with Gasteiger partial charge in [0.2, 0.25) is 0 Å². The Morgan fingerprint density at radius 1 is 1.44 bits per heavy atom. The first kappa shape index (κ1) is 19.4. The highest BCUT2D eigenvalue weighted by Gasteiger charge is 2.50. The molecule has 1 heterocycles. The smallest absolute Gasteiger partial charge is 0.324 e. The van der Waals surface area contributed by atoms with Gasteiger partial charge in [-0.1, -0.05) is 24.8 Å². The van der Waals surface area contributed by atoms with Gasteiger partial charge in [-0.25, -0.2) is 4.79 Å². The van der Waals surface area contributed by atoms with Gasteiger partial charge in [0.15, 0.2) is 0 Å². The highest BCUT2D eigenvalue weighted by molar-refractivity contribution is 5.78. The highest BCUT2D eigenvalue weighted by Crippen LogP contribution is 2.42. The van der Waals surface area contributed by atoms with Gasteiger partial charge in [-0.15, -0.1) is 6.58 Å². The summed E-state index contributed by atoms with van der Waals surface area (Å²) in [5, 5.41) is 0. The van der Waals surface area contributed by atoms with E-state index in [-0.39, 0.29) is 11.9 Å². The lowest BCUT2D eigenvalue weighted by atomic mass is 10.0. The van der Waals surface area contributed by atoms with E-state index < -0.39 is 0 Å². The minimum absolute atomic E-state index is 0.0953. The van der Waals surface area contributed by atoms with Crippen molar-refractivity contribution in [1.82, 2.24) is 9.80 Å². The fraction of sp³-hybridized carbons (Fsp3) is 0.571. The Morgan fingerprint density at radius 2 is 2.20 bits per heavy atom. The van der Waals surface area contributed by atoms with E-state index in [4.69, 9.17) is 4.74 Å². The van der Waals surface area contributed by atoms with E-state index in [9.17, 15) is 4.79 Å². The van der Waals surface area contributed by atoms with Crippen molar-refractivity contribution in [3.8, 4) is 0 Å². The van der Waals surface area contributed by atoms with Crippen molar-refractivity contribution >= 4 is 6.03 Å². The van der Waals surface area contributed by atoms with Crippen molar-refractivity contribution < 1.29 is 9.53 Å². The average molecular weight is 344 g/mol. The van der Waals surface area contributed by atoms with E-state index >= 15 is 0 Å². The monoisotopic (exact) mass is 344 g/mol. The zero-order chi connectivity index (χ0) is 18.4. The van der Waals surface area contributed by atoms with Gasteiger partial charge < -0.3 is 9.64 Å². The molecule has 3 atom stereocenters. The van der Waals surface area contributed by atoms with Crippen LogP contribution in [0.1, 0.15) is 39.5 Å². The molecule has 0 radical (unpaired) electrons. The summed E-state index contributed by atoms with van der Waals surface area (Å²) in [6.07, 6.45) is 11.8. The van der Waals surface area contributed by atoms with Crippen LogP contribution in [0.15, 0.2) is 48.9 Å². The van der Waals surface area contributed by atoms with E-state index in [0.29, 0.717) is 18.6 Å². The van der Waals surface area contributed by atoms with Crippen LogP contribution in [-0.4, -0.2) is 42.1 Å². The summed E-state index contributed by atoms with van der Waals surface area (Å²) in [4.78, 5) is 16.1. The fourth-order valence-corrected chi connectivity index (χ4v) is 3.56. The summed E-state index contributed by atoms with van der Waals surface area (Å²) < 4.78 is 5.99. The van der Waals surface area contributed by atoms with E-state index in [0.717, 1.165) is 43.7 Å². The summed E-state index contributed by atoms with van der Waals surface area (Å²) in [5.74, 6) is 1.87. The molecule has 0 spiro atoms. The van der Waals surface area contributed by atoms with E-state index in [1.807, 2.05) is 48.9 Å².